The highest BCUT2D eigenvalue weighted by molar-refractivity contribution is 6.19. The van der Waals surface area contributed by atoms with Gasteiger partial charge in [-0.15, -0.1) is 11.6 Å². The minimum atomic E-state index is -0.0959. The number of nitrogens with one attached hydrogen (secondary N) is 1. The summed E-state index contributed by atoms with van der Waals surface area (Å²) in [5.74, 6) is 0.597. The van der Waals surface area contributed by atoms with Gasteiger partial charge in [0, 0.05) is 5.88 Å². The molecule has 1 fully saturated rings. The van der Waals surface area contributed by atoms with Gasteiger partial charge in [0.05, 0.1) is 12.0 Å². The molecule has 1 aromatic rings. The first-order chi connectivity index (χ1) is 7.65. The molecule has 1 amide bonds. The van der Waals surface area contributed by atoms with Crippen LogP contribution in [0.1, 0.15) is 24.0 Å². The molecule has 1 saturated carbocycles. The van der Waals surface area contributed by atoms with Crippen LogP contribution in [0.25, 0.3) is 0 Å². The summed E-state index contributed by atoms with van der Waals surface area (Å²) < 4.78 is 0. The molecule has 16 heavy (non-hydrogen) atoms. The van der Waals surface area contributed by atoms with E-state index in [4.69, 9.17) is 11.6 Å². The van der Waals surface area contributed by atoms with Gasteiger partial charge in [-0.25, -0.2) is 0 Å². The molecule has 0 unspecified atom stereocenters. The molecule has 0 atom stereocenters. The number of carbonyl (C=O) groups is 1. The van der Waals surface area contributed by atoms with E-state index in [2.05, 4.69) is 5.32 Å². The van der Waals surface area contributed by atoms with Crippen LogP contribution in [0.5, 0.6) is 0 Å². The van der Waals surface area contributed by atoms with Gasteiger partial charge in [0.2, 0.25) is 5.91 Å². The third-order valence-corrected chi connectivity index (χ3v) is 3.64. The fraction of sp³-hybridized carbons (Fsp3) is 0.462. The summed E-state index contributed by atoms with van der Waals surface area (Å²) in [5, 5.41) is 3.02. The molecule has 1 aromatic carbocycles. The van der Waals surface area contributed by atoms with E-state index in [-0.39, 0.29) is 11.4 Å². The van der Waals surface area contributed by atoms with Crippen LogP contribution in [-0.4, -0.2) is 17.3 Å². The van der Waals surface area contributed by atoms with E-state index in [9.17, 15) is 4.79 Å². The van der Waals surface area contributed by atoms with Crippen molar-refractivity contribution in [1.29, 1.82) is 0 Å². The van der Waals surface area contributed by atoms with E-state index in [0.29, 0.717) is 12.3 Å². The molecule has 2 nitrogen and oxygen atoms in total. The summed E-state index contributed by atoms with van der Waals surface area (Å²) in [7, 11) is 0. The summed E-state index contributed by atoms with van der Waals surface area (Å²) in [6, 6.07) is 7.97. The van der Waals surface area contributed by atoms with Crippen molar-refractivity contribution in [2.24, 2.45) is 0 Å². The first-order valence-electron chi connectivity index (χ1n) is 5.57. The highest BCUT2D eigenvalue weighted by Crippen LogP contribution is 2.36. The minimum Gasteiger partial charge on any atom is -0.349 e. The number of amides is 1. The van der Waals surface area contributed by atoms with E-state index in [0.717, 1.165) is 24.0 Å². The molecule has 0 radical (unpaired) electrons. The Morgan fingerprint density at radius 2 is 2.12 bits per heavy atom. The molecule has 0 saturated heterocycles. The SMILES string of the molecule is Cc1ccccc1CC(=O)NC1(CCl)CC1. The van der Waals surface area contributed by atoms with Gasteiger partial charge < -0.3 is 5.32 Å². The summed E-state index contributed by atoms with van der Waals surface area (Å²) in [6.07, 6.45) is 2.47. The van der Waals surface area contributed by atoms with Crippen LogP contribution in [0.2, 0.25) is 0 Å². The van der Waals surface area contributed by atoms with Crippen LogP contribution in [0.15, 0.2) is 24.3 Å². The van der Waals surface area contributed by atoms with Gasteiger partial charge in [0.15, 0.2) is 0 Å². The van der Waals surface area contributed by atoms with E-state index < -0.39 is 0 Å². The van der Waals surface area contributed by atoms with Crippen LogP contribution < -0.4 is 5.32 Å². The minimum absolute atomic E-state index is 0.0763. The number of rotatable bonds is 4. The Morgan fingerprint density at radius 1 is 1.44 bits per heavy atom. The van der Waals surface area contributed by atoms with Crippen LogP contribution in [0.4, 0.5) is 0 Å². The molecular weight excluding hydrogens is 222 g/mol. The lowest BCUT2D eigenvalue weighted by Crippen LogP contribution is -2.39. The van der Waals surface area contributed by atoms with E-state index >= 15 is 0 Å². The number of halogens is 1. The monoisotopic (exact) mass is 237 g/mol. The second-order valence-electron chi connectivity index (χ2n) is 4.57. The fourth-order valence-electron chi connectivity index (χ4n) is 1.76. The molecule has 3 heteroatoms. The molecule has 1 aliphatic carbocycles. The Morgan fingerprint density at radius 3 is 2.69 bits per heavy atom. The Hall–Kier alpha value is -1.02. The van der Waals surface area contributed by atoms with Gasteiger partial charge in [0.25, 0.3) is 0 Å². The van der Waals surface area contributed by atoms with Crippen molar-refractivity contribution in [1.82, 2.24) is 5.32 Å². The molecule has 86 valence electrons. The molecule has 0 bridgehead atoms. The zero-order valence-electron chi connectivity index (χ0n) is 9.42. The van der Waals surface area contributed by atoms with Crippen molar-refractivity contribution in [3.63, 3.8) is 0 Å². The average molecular weight is 238 g/mol. The van der Waals surface area contributed by atoms with Gasteiger partial charge in [-0.3, -0.25) is 4.79 Å². The second kappa shape index (κ2) is 4.46. The molecule has 0 spiro atoms. The highest BCUT2D eigenvalue weighted by Gasteiger charge is 2.42. The molecule has 0 aliphatic heterocycles. The molecule has 2 rings (SSSR count). The average Bonchev–Trinajstić information content (AvgIpc) is 3.02. The van der Waals surface area contributed by atoms with Crippen LogP contribution in [0, 0.1) is 6.92 Å². The van der Waals surface area contributed by atoms with Gasteiger partial charge in [0.1, 0.15) is 0 Å². The maximum absolute atomic E-state index is 11.8. The van der Waals surface area contributed by atoms with Crippen molar-refractivity contribution in [3.05, 3.63) is 35.4 Å². The smallest absolute Gasteiger partial charge is 0.224 e. The van der Waals surface area contributed by atoms with Crippen molar-refractivity contribution in [2.75, 3.05) is 5.88 Å². The largest absolute Gasteiger partial charge is 0.349 e. The predicted molar refractivity (Wildman–Crippen MR) is 65.7 cm³/mol. The van der Waals surface area contributed by atoms with E-state index in [1.54, 1.807) is 0 Å². The number of alkyl halides is 1. The lowest BCUT2D eigenvalue weighted by atomic mass is 10.1. The van der Waals surface area contributed by atoms with Gasteiger partial charge >= 0.3 is 0 Å². The molecule has 0 heterocycles. The molecule has 1 N–H and O–H groups in total. The lowest BCUT2D eigenvalue weighted by molar-refractivity contribution is -0.121. The lowest BCUT2D eigenvalue weighted by Gasteiger charge is -2.14. The number of benzene rings is 1. The number of aryl methyl sites for hydroxylation is 1. The molecular formula is C13H16ClNO. The van der Waals surface area contributed by atoms with Crippen molar-refractivity contribution < 1.29 is 4.79 Å². The normalized spacial score (nSPS) is 16.9. The zero-order valence-corrected chi connectivity index (χ0v) is 10.2. The van der Waals surface area contributed by atoms with Crippen LogP contribution in [0.3, 0.4) is 0 Å². The van der Waals surface area contributed by atoms with Gasteiger partial charge in [-0.2, -0.15) is 0 Å². The molecule has 0 aromatic heterocycles. The zero-order chi connectivity index (χ0) is 11.6. The number of hydrogen-bond acceptors (Lipinski definition) is 1. The third-order valence-electron chi connectivity index (χ3n) is 3.13. The number of carbonyl (C=O) groups excluding carboxylic acids is 1. The highest BCUT2D eigenvalue weighted by atomic mass is 35.5. The Labute approximate surface area is 101 Å². The van der Waals surface area contributed by atoms with Crippen molar-refractivity contribution >= 4 is 17.5 Å². The van der Waals surface area contributed by atoms with Crippen LogP contribution in [-0.2, 0) is 11.2 Å². The predicted octanol–water partition coefficient (Wildman–Crippen LogP) is 2.43. The van der Waals surface area contributed by atoms with Crippen molar-refractivity contribution in [3.8, 4) is 0 Å². The summed E-state index contributed by atoms with van der Waals surface area (Å²) >= 11 is 5.82. The third kappa shape index (κ3) is 2.56. The maximum atomic E-state index is 11.8. The van der Waals surface area contributed by atoms with Crippen molar-refractivity contribution in [2.45, 2.75) is 31.7 Å². The maximum Gasteiger partial charge on any atom is 0.224 e. The number of hydrogen-bond donors (Lipinski definition) is 1. The van der Waals surface area contributed by atoms with E-state index in [1.807, 2.05) is 31.2 Å². The first kappa shape index (κ1) is 11.5. The topological polar surface area (TPSA) is 29.1 Å². The Bertz CT molecular complexity index is 399. The first-order valence-corrected chi connectivity index (χ1v) is 6.10. The standard InChI is InChI=1S/C13H16ClNO/c1-10-4-2-3-5-11(10)8-12(16)15-13(9-14)6-7-13/h2-5H,6-9H2,1H3,(H,15,16). The van der Waals surface area contributed by atoms with Gasteiger partial charge in [-0.1, -0.05) is 24.3 Å². The molecule has 1 aliphatic rings. The van der Waals surface area contributed by atoms with Crippen LogP contribution >= 0.6 is 11.6 Å². The Kier molecular flexibility index (Phi) is 3.20. The Balaban J connectivity index is 1.95. The van der Waals surface area contributed by atoms with E-state index in [1.165, 1.54) is 0 Å². The fourth-order valence-corrected chi connectivity index (χ4v) is 2.10. The summed E-state index contributed by atoms with van der Waals surface area (Å²) in [6.45, 7) is 2.02. The quantitative estimate of drug-likeness (QED) is 0.801. The second-order valence-corrected chi connectivity index (χ2v) is 4.83. The summed E-state index contributed by atoms with van der Waals surface area (Å²) in [5.41, 5.74) is 2.15. The summed E-state index contributed by atoms with van der Waals surface area (Å²) in [4.78, 5) is 11.8. The van der Waals surface area contributed by atoms with Gasteiger partial charge in [-0.05, 0) is 30.9 Å².